The van der Waals surface area contributed by atoms with Crippen LogP contribution in [0.4, 0.5) is 0 Å². The van der Waals surface area contributed by atoms with E-state index in [1.807, 2.05) is 20.8 Å². The van der Waals surface area contributed by atoms with E-state index in [0.29, 0.717) is 23.4 Å². The fraction of sp³-hybridized carbons (Fsp3) is 0.294. The first-order valence-electron chi connectivity index (χ1n) is 6.88. The Morgan fingerprint density at radius 2 is 1.95 bits per heavy atom. The van der Waals surface area contributed by atoms with E-state index in [2.05, 4.69) is 11.1 Å². The quantitative estimate of drug-likeness (QED) is 0.926. The van der Waals surface area contributed by atoms with Crippen molar-refractivity contribution in [2.24, 2.45) is 0 Å². The minimum Gasteiger partial charge on any atom is -0.455 e. The van der Waals surface area contributed by atoms with Crippen molar-refractivity contribution in [1.82, 2.24) is 4.98 Å². The Kier molecular flexibility index (Phi) is 4.56. The summed E-state index contributed by atoms with van der Waals surface area (Å²) in [5.41, 5.74) is 3.07. The molecule has 2 aromatic rings. The molecule has 1 heterocycles. The molecule has 108 valence electrons. The number of nitriles is 1. The number of pyridine rings is 1. The van der Waals surface area contributed by atoms with Crippen LogP contribution in [0.2, 0.25) is 0 Å². The van der Waals surface area contributed by atoms with Gasteiger partial charge in [-0.15, -0.1) is 0 Å². The average Bonchev–Trinajstić information content (AvgIpc) is 2.50. The number of nitrogens with zero attached hydrogens (tertiary/aromatic N) is 2. The summed E-state index contributed by atoms with van der Waals surface area (Å²) in [5.74, 6) is 1.34. The lowest BCUT2D eigenvalue weighted by Gasteiger charge is -2.13. The summed E-state index contributed by atoms with van der Waals surface area (Å²) in [6.07, 6.45) is 1.68. The fourth-order valence-corrected chi connectivity index (χ4v) is 2.15. The molecule has 0 amide bonds. The van der Waals surface area contributed by atoms with Crippen LogP contribution >= 0.6 is 0 Å². The number of benzene rings is 1. The van der Waals surface area contributed by atoms with Crippen molar-refractivity contribution >= 4 is 0 Å². The van der Waals surface area contributed by atoms with Gasteiger partial charge in [-0.25, -0.2) is 0 Å². The molecule has 1 N–H and O–H groups in total. The number of hydrogen-bond donors (Lipinski definition) is 1. The largest absolute Gasteiger partial charge is 0.455 e. The molecule has 0 fully saturated rings. The third-order valence-corrected chi connectivity index (χ3v) is 3.30. The van der Waals surface area contributed by atoms with Gasteiger partial charge in [0.2, 0.25) is 0 Å². The van der Waals surface area contributed by atoms with Gasteiger partial charge in [-0.2, -0.15) is 5.26 Å². The lowest BCUT2D eigenvalue weighted by molar-refractivity contribution is 0.169. The summed E-state index contributed by atoms with van der Waals surface area (Å²) in [6, 6.07) is 9.28. The van der Waals surface area contributed by atoms with Crippen LogP contribution in [0.3, 0.4) is 0 Å². The molecule has 4 heteroatoms. The van der Waals surface area contributed by atoms with E-state index in [4.69, 9.17) is 10.00 Å². The second kappa shape index (κ2) is 6.38. The topological polar surface area (TPSA) is 66.1 Å². The maximum atomic E-state index is 9.72. The molecular weight excluding hydrogens is 264 g/mol. The number of aliphatic hydroxyl groups excluding tert-OH is 1. The molecule has 0 saturated heterocycles. The van der Waals surface area contributed by atoms with Gasteiger partial charge in [0.15, 0.2) is 0 Å². The first kappa shape index (κ1) is 15.0. The molecule has 0 radical (unpaired) electrons. The first-order valence-corrected chi connectivity index (χ1v) is 6.88. The molecule has 1 aromatic heterocycles. The molecule has 1 atom stereocenters. The maximum absolute atomic E-state index is 9.72. The SMILES string of the molecule is CC[C@H](O)c1ccc(Oc2c(C)cc(C#N)cc2C)cn1. The number of rotatable bonds is 4. The van der Waals surface area contributed by atoms with Crippen molar-refractivity contribution in [2.75, 3.05) is 0 Å². The van der Waals surface area contributed by atoms with Crippen molar-refractivity contribution in [3.8, 4) is 17.6 Å². The predicted octanol–water partition coefficient (Wildman–Crippen LogP) is 3.81. The zero-order valence-electron chi connectivity index (χ0n) is 12.4. The molecule has 0 bridgehead atoms. The number of ether oxygens (including phenoxy) is 1. The Morgan fingerprint density at radius 3 is 2.43 bits per heavy atom. The van der Waals surface area contributed by atoms with Crippen LogP contribution in [0.25, 0.3) is 0 Å². The van der Waals surface area contributed by atoms with Gasteiger partial charge >= 0.3 is 0 Å². The molecule has 21 heavy (non-hydrogen) atoms. The van der Waals surface area contributed by atoms with Gasteiger partial charge in [-0.05, 0) is 55.7 Å². The van der Waals surface area contributed by atoms with Gasteiger partial charge < -0.3 is 9.84 Å². The van der Waals surface area contributed by atoms with Gasteiger partial charge in [0.25, 0.3) is 0 Å². The van der Waals surface area contributed by atoms with E-state index >= 15 is 0 Å². The van der Waals surface area contributed by atoms with Gasteiger partial charge in [0.05, 0.1) is 29.6 Å². The molecule has 1 aromatic carbocycles. The highest BCUT2D eigenvalue weighted by molar-refractivity contribution is 5.48. The normalized spacial score (nSPS) is 11.8. The van der Waals surface area contributed by atoms with E-state index in [1.165, 1.54) is 0 Å². The van der Waals surface area contributed by atoms with Crippen molar-refractivity contribution in [3.05, 3.63) is 52.8 Å². The van der Waals surface area contributed by atoms with Gasteiger partial charge in [-0.1, -0.05) is 6.92 Å². The first-order chi connectivity index (χ1) is 10.0. The molecule has 0 aliphatic carbocycles. The number of hydrogen-bond acceptors (Lipinski definition) is 4. The molecule has 0 unspecified atom stereocenters. The molecule has 0 saturated carbocycles. The summed E-state index contributed by atoms with van der Waals surface area (Å²) >= 11 is 0. The average molecular weight is 282 g/mol. The Morgan fingerprint density at radius 1 is 1.29 bits per heavy atom. The monoisotopic (exact) mass is 282 g/mol. The van der Waals surface area contributed by atoms with Crippen molar-refractivity contribution in [2.45, 2.75) is 33.3 Å². The summed E-state index contributed by atoms with van der Waals surface area (Å²) < 4.78 is 5.85. The highest BCUT2D eigenvalue weighted by atomic mass is 16.5. The van der Waals surface area contributed by atoms with Crippen LogP contribution in [0.5, 0.6) is 11.5 Å². The molecule has 2 rings (SSSR count). The number of aryl methyl sites for hydroxylation is 2. The standard InChI is InChI=1S/C17H18N2O2/c1-4-16(20)15-6-5-14(10-19-15)21-17-11(2)7-13(9-18)8-12(17)3/h5-8,10,16,20H,4H2,1-3H3/t16-/m0/s1. The van der Waals surface area contributed by atoms with E-state index in [0.717, 1.165) is 16.9 Å². The maximum Gasteiger partial charge on any atom is 0.145 e. The highest BCUT2D eigenvalue weighted by Crippen LogP contribution is 2.30. The van der Waals surface area contributed by atoms with Crippen LogP contribution in [0.1, 0.15) is 41.8 Å². The smallest absolute Gasteiger partial charge is 0.145 e. The van der Waals surface area contributed by atoms with Gasteiger partial charge in [0.1, 0.15) is 11.5 Å². The van der Waals surface area contributed by atoms with Crippen molar-refractivity contribution in [3.63, 3.8) is 0 Å². The predicted molar refractivity (Wildman–Crippen MR) is 80.2 cm³/mol. The molecule has 0 spiro atoms. The van der Waals surface area contributed by atoms with Gasteiger partial charge in [-0.3, -0.25) is 4.98 Å². The Labute approximate surface area is 124 Å². The number of aromatic nitrogens is 1. The zero-order valence-corrected chi connectivity index (χ0v) is 12.4. The van der Waals surface area contributed by atoms with E-state index in [1.54, 1.807) is 30.5 Å². The lowest BCUT2D eigenvalue weighted by atomic mass is 10.1. The summed E-state index contributed by atoms with van der Waals surface area (Å²) in [7, 11) is 0. The van der Waals surface area contributed by atoms with E-state index < -0.39 is 6.10 Å². The Bertz CT molecular complexity index is 649. The minimum atomic E-state index is -0.544. The summed E-state index contributed by atoms with van der Waals surface area (Å²) in [5, 5.41) is 18.7. The second-order valence-corrected chi connectivity index (χ2v) is 5.00. The van der Waals surface area contributed by atoms with Gasteiger partial charge in [0, 0.05) is 0 Å². The Balaban J connectivity index is 2.25. The molecule has 4 nitrogen and oxygen atoms in total. The molecule has 0 aliphatic rings. The zero-order chi connectivity index (χ0) is 15.4. The third-order valence-electron chi connectivity index (χ3n) is 3.30. The lowest BCUT2D eigenvalue weighted by Crippen LogP contribution is -1.99. The second-order valence-electron chi connectivity index (χ2n) is 5.00. The van der Waals surface area contributed by atoms with Crippen molar-refractivity contribution in [1.29, 1.82) is 5.26 Å². The van der Waals surface area contributed by atoms with Crippen LogP contribution in [0.15, 0.2) is 30.5 Å². The fourth-order valence-electron chi connectivity index (χ4n) is 2.15. The third kappa shape index (κ3) is 3.39. The van der Waals surface area contributed by atoms with Crippen LogP contribution in [0, 0.1) is 25.2 Å². The van der Waals surface area contributed by atoms with Crippen LogP contribution in [-0.4, -0.2) is 10.1 Å². The van der Waals surface area contributed by atoms with E-state index in [9.17, 15) is 5.11 Å². The molecule has 0 aliphatic heterocycles. The van der Waals surface area contributed by atoms with Crippen LogP contribution < -0.4 is 4.74 Å². The summed E-state index contributed by atoms with van der Waals surface area (Å²) in [4.78, 5) is 4.21. The Hall–Kier alpha value is -2.38. The minimum absolute atomic E-state index is 0.544. The van der Waals surface area contributed by atoms with Crippen LogP contribution in [-0.2, 0) is 0 Å². The van der Waals surface area contributed by atoms with E-state index in [-0.39, 0.29) is 0 Å². The highest BCUT2D eigenvalue weighted by Gasteiger charge is 2.10. The van der Waals surface area contributed by atoms with Crippen molar-refractivity contribution < 1.29 is 9.84 Å². The summed E-state index contributed by atoms with van der Waals surface area (Å²) in [6.45, 7) is 5.72. The number of aliphatic hydroxyl groups is 1. The molecular formula is C17H18N2O2.